The standard InChI is InChI=1S/C30H40FN3O3/c1-30(2)21-24(13-20-36-30)29(35)34-14-11-26(12-15-34)37-25-9-7-23(8-10-25)22-32-16-18-33(19-17-32)28-6-4-3-5-27(28)31/h3-10,24,26H,11-22H2,1-2H3. The fraction of sp³-hybridized carbons (Fsp3) is 0.567. The van der Waals surface area contributed by atoms with Gasteiger partial charge in [0.2, 0.25) is 5.91 Å². The maximum atomic E-state index is 14.1. The van der Waals surface area contributed by atoms with Crippen molar-refractivity contribution in [3.8, 4) is 5.75 Å². The zero-order valence-corrected chi connectivity index (χ0v) is 22.2. The number of amides is 1. The van der Waals surface area contributed by atoms with E-state index in [1.807, 2.05) is 17.0 Å². The normalized spacial score (nSPS) is 23.2. The number of carbonyl (C=O) groups excluding carboxylic acids is 1. The Kier molecular flexibility index (Phi) is 8.01. The van der Waals surface area contributed by atoms with E-state index in [-0.39, 0.29) is 29.3 Å². The van der Waals surface area contributed by atoms with Crippen LogP contribution in [-0.4, -0.2) is 73.3 Å². The third-order valence-corrected chi connectivity index (χ3v) is 8.00. The molecular weight excluding hydrogens is 469 g/mol. The molecule has 0 spiro atoms. The van der Waals surface area contributed by atoms with Gasteiger partial charge in [-0.3, -0.25) is 9.69 Å². The van der Waals surface area contributed by atoms with Crippen LogP contribution in [0.25, 0.3) is 0 Å². The molecule has 200 valence electrons. The molecule has 1 amide bonds. The lowest BCUT2D eigenvalue weighted by Gasteiger charge is -2.39. The van der Waals surface area contributed by atoms with Gasteiger partial charge in [-0.15, -0.1) is 0 Å². The Balaban J connectivity index is 1.05. The minimum Gasteiger partial charge on any atom is -0.490 e. The highest BCUT2D eigenvalue weighted by atomic mass is 19.1. The second-order valence-corrected chi connectivity index (χ2v) is 11.3. The topological polar surface area (TPSA) is 45.2 Å². The monoisotopic (exact) mass is 509 g/mol. The third kappa shape index (κ3) is 6.63. The molecule has 3 aliphatic heterocycles. The molecule has 3 fully saturated rings. The van der Waals surface area contributed by atoms with Crippen molar-refractivity contribution in [2.75, 3.05) is 50.8 Å². The highest BCUT2D eigenvalue weighted by Gasteiger charge is 2.36. The van der Waals surface area contributed by atoms with Gasteiger partial charge in [-0.25, -0.2) is 4.39 Å². The van der Waals surface area contributed by atoms with Gasteiger partial charge in [0.05, 0.1) is 11.3 Å². The second-order valence-electron chi connectivity index (χ2n) is 11.3. The summed E-state index contributed by atoms with van der Waals surface area (Å²) in [6.07, 6.45) is 3.51. The Morgan fingerprint density at radius 2 is 1.68 bits per heavy atom. The van der Waals surface area contributed by atoms with Gasteiger partial charge in [-0.1, -0.05) is 24.3 Å². The summed E-state index contributed by atoms with van der Waals surface area (Å²) >= 11 is 0. The summed E-state index contributed by atoms with van der Waals surface area (Å²) in [5.74, 6) is 1.11. The van der Waals surface area contributed by atoms with Gasteiger partial charge in [-0.2, -0.15) is 0 Å². The van der Waals surface area contributed by atoms with E-state index in [2.05, 4.69) is 47.9 Å². The smallest absolute Gasteiger partial charge is 0.225 e. The quantitative estimate of drug-likeness (QED) is 0.564. The van der Waals surface area contributed by atoms with Crippen LogP contribution >= 0.6 is 0 Å². The number of nitrogens with zero attached hydrogens (tertiary/aromatic N) is 3. The van der Waals surface area contributed by atoms with Crippen molar-refractivity contribution < 1.29 is 18.7 Å². The molecule has 2 aromatic carbocycles. The number of hydrogen-bond donors (Lipinski definition) is 0. The van der Waals surface area contributed by atoms with Crippen molar-refractivity contribution in [1.82, 2.24) is 9.80 Å². The Bertz CT molecular complexity index is 1040. The van der Waals surface area contributed by atoms with Crippen LogP contribution in [0.15, 0.2) is 48.5 Å². The maximum absolute atomic E-state index is 14.1. The fourth-order valence-electron chi connectivity index (χ4n) is 5.87. The average Bonchev–Trinajstić information content (AvgIpc) is 2.90. The highest BCUT2D eigenvalue weighted by molar-refractivity contribution is 5.79. The number of likely N-dealkylation sites (tertiary alicyclic amines) is 1. The lowest BCUT2D eigenvalue weighted by molar-refractivity contribution is -0.147. The molecular formula is C30H40FN3O3. The SMILES string of the molecule is CC1(C)CC(C(=O)N2CCC(Oc3ccc(CN4CCN(c5ccccc5F)CC4)cc3)CC2)CCO1. The summed E-state index contributed by atoms with van der Waals surface area (Å²) in [5, 5.41) is 0. The lowest BCUT2D eigenvalue weighted by Crippen LogP contribution is -2.47. The second kappa shape index (κ2) is 11.4. The van der Waals surface area contributed by atoms with Crippen LogP contribution in [0.1, 0.15) is 45.1 Å². The van der Waals surface area contributed by atoms with Crippen molar-refractivity contribution in [3.05, 3.63) is 59.9 Å². The van der Waals surface area contributed by atoms with E-state index in [1.54, 1.807) is 6.07 Å². The first-order valence-electron chi connectivity index (χ1n) is 13.8. The van der Waals surface area contributed by atoms with Gasteiger partial charge in [0, 0.05) is 71.2 Å². The number of anilines is 1. The number of rotatable bonds is 6. The fourth-order valence-corrected chi connectivity index (χ4v) is 5.87. The molecule has 0 radical (unpaired) electrons. The van der Waals surface area contributed by atoms with E-state index in [0.29, 0.717) is 12.3 Å². The van der Waals surface area contributed by atoms with Crippen LogP contribution in [0.2, 0.25) is 0 Å². The van der Waals surface area contributed by atoms with E-state index in [9.17, 15) is 9.18 Å². The molecule has 0 saturated carbocycles. The molecule has 1 unspecified atom stereocenters. The third-order valence-electron chi connectivity index (χ3n) is 8.00. The predicted molar refractivity (Wildman–Crippen MR) is 143 cm³/mol. The molecule has 1 atom stereocenters. The highest BCUT2D eigenvalue weighted by Crippen LogP contribution is 2.31. The number of carbonyl (C=O) groups is 1. The van der Waals surface area contributed by atoms with Crippen LogP contribution in [-0.2, 0) is 16.1 Å². The first-order valence-corrected chi connectivity index (χ1v) is 13.8. The van der Waals surface area contributed by atoms with Crippen molar-refractivity contribution in [3.63, 3.8) is 0 Å². The minimum atomic E-state index is -0.206. The molecule has 3 saturated heterocycles. The molecule has 37 heavy (non-hydrogen) atoms. The molecule has 0 aromatic heterocycles. The molecule has 0 N–H and O–H groups in total. The van der Waals surface area contributed by atoms with E-state index < -0.39 is 0 Å². The molecule has 6 nitrogen and oxygen atoms in total. The summed E-state index contributed by atoms with van der Waals surface area (Å²) in [7, 11) is 0. The molecule has 2 aromatic rings. The number of benzene rings is 2. The molecule has 3 aliphatic rings. The molecule has 7 heteroatoms. The largest absolute Gasteiger partial charge is 0.490 e. The minimum absolute atomic E-state index is 0.0799. The maximum Gasteiger partial charge on any atom is 0.225 e. The first kappa shape index (κ1) is 26.0. The van der Waals surface area contributed by atoms with Crippen molar-refractivity contribution in [1.29, 1.82) is 0 Å². The summed E-state index contributed by atoms with van der Waals surface area (Å²) in [6, 6.07) is 15.4. The van der Waals surface area contributed by atoms with Crippen LogP contribution in [0, 0.1) is 11.7 Å². The van der Waals surface area contributed by atoms with E-state index in [0.717, 1.165) is 77.2 Å². The van der Waals surface area contributed by atoms with Gasteiger partial charge in [0.25, 0.3) is 0 Å². The van der Waals surface area contributed by atoms with Gasteiger partial charge in [0.15, 0.2) is 0 Å². The van der Waals surface area contributed by atoms with E-state index in [4.69, 9.17) is 9.47 Å². The van der Waals surface area contributed by atoms with Crippen molar-refractivity contribution >= 4 is 11.6 Å². The van der Waals surface area contributed by atoms with Crippen molar-refractivity contribution in [2.45, 2.75) is 57.8 Å². The lowest BCUT2D eigenvalue weighted by atomic mass is 9.87. The zero-order chi connectivity index (χ0) is 25.8. The van der Waals surface area contributed by atoms with Crippen LogP contribution < -0.4 is 9.64 Å². The zero-order valence-electron chi connectivity index (χ0n) is 22.2. The Morgan fingerprint density at radius 1 is 0.973 bits per heavy atom. The molecule has 0 bridgehead atoms. The van der Waals surface area contributed by atoms with Gasteiger partial charge < -0.3 is 19.3 Å². The number of piperazine rings is 1. The summed E-state index contributed by atoms with van der Waals surface area (Å²) in [5.41, 5.74) is 1.75. The first-order chi connectivity index (χ1) is 17.9. The van der Waals surface area contributed by atoms with E-state index in [1.165, 1.54) is 11.6 Å². The number of para-hydroxylation sites is 1. The Morgan fingerprint density at radius 3 is 2.35 bits per heavy atom. The summed E-state index contributed by atoms with van der Waals surface area (Å²) in [6.45, 7) is 10.7. The number of ether oxygens (including phenoxy) is 2. The average molecular weight is 510 g/mol. The van der Waals surface area contributed by atoms with Crippen LogP contribution in [0.3, 0.4) is 0 Å². The van der Waals surface area contributed by atoms with Crippen LogP contribution in [0.4, 0.5) is 10.1 Å². The van der Waals surface area contributed by atoms with Gasteiger partial charge >= 0.3 is 0 Å². The summed E-state index contributed by atoms with van der Waals surface area (Å²) in [4.78, 5) is 19.6. The number of piperidine rings is 1. The van der Waals surface area contributed by atoms with Gasteiger partial charge in [0.1, 0.15) is 17.7 Å². The molecule has 0 aliphatic carbocycles. The molecule has 3 heterocycles. The number of hydrogen-bond acceptors (Lipinski definition) is 5. The Hall–Kier alpha value is -2.64. The van der Waals surface area contributed by atoms with E-state index >= 15 is 0 Å². The number of halogens is 1. The Labute approximate surface area is 220 Å². The van der Waals surface area contributed by atoms with Gasteiger partial charge in [-0.05, 0) is 56.5 Å². The predicted octanol–water partition coefficient (Wildman–Crippen LogP) is 4.72. The summed E-state index contributed by atoms with van der Waals surface area (Å²) < 4.78 is 26.1. The van der Waals surface area contributed by atoms with Crippen LogP contribution in [0.5, 0.6) is 5.75 Å². The molecule has 5 rings (SSSR count). The van der Waals surface area contributed by atoms with Crippen molar-refractivity contribution in [2.24, 2.45) is 5.92 Å².